The van der Waals surface area contributed by atoms with Gasteiger partial charge < -0.3 is 10.1 Å². The summed E-state index contributed by atoms with van der Waals surface area (Å²) in [5, 5.41) is 2.94. The van der Waals surface area contributed by atoms with E-state index in [-0.39, 0.29) is 12.0 Å². The molecule has 1 atom stereocenters. The molecule has 0 aliphatic rings. The number of hydrogen-bond donors (Lipinski definition) is 1. The lowest BCUT2D eigenvalue weighted by Crippen LogP contribution is -2.36. The van der Waals surface area contributed by atoms with Crippen molar-refractivity contribution in [1.29, 1.82) is 0 Å². The van der Waals surface area contributed by atoms with Crippen molar-refractivity contribution in [1.82, 2.24) is 5.32 Å². The molecule has 82 valence electrons. The van der Waals surface area contributed by atoms with Crippen LogP contribution in [0.5, 0.6) is 0 Å². The lowest BCUT2D eigenvalue weighted by Gasteiger charge is -2.13. The fourth-order valence-corrected chi connectivity index (χ4v) is 1.66. The second kappa shape index (κ2) is 6.07. The monoisotopic (exact) mass is 319 g/mol. The Morgan fingerprint density at radius 2 is 2.07 bits per heavy atom. The molecule has 1 rings (SSSR count). The topological polar surface area (TPSA) is 38.3 Å². The van der Waals surface area contributed by atoms with E-state index in [1.54, 1.807) is 7.05 Å². The van der Waals surface area contributed by atoms with Gasteiger partial charge in [0, 0.05) is 3.57 Å². The summed E-state index contributed by atoms with van der Waals surface area (Å²) in [4.78, 5) is 11.3. The summed E-state index contributed by atoms with van der Waals surface area (Å²) in [5.74, 6) is -0.226. The Balaban J connectivity index is 2.66. The first-order valence-electron chi connectivity index (χ1n) is 4.67. The second-order valence-corrected chi connectivity index (χ2v) is 4.44. The van der Waals surface area contributed by atoms with E-state index in [2.05, 4.69) is 27.9 Å². The van der Waals surface area contributed by atoms with Crippen LogP contribution in [-0.2, 0) is 16.0 Å². The molecule has 0 saturated heterocycles. The molecule has 0 aromatic heterocycles. The molecule has 1 unspecified atom stereocenters. The Morgan fingerprint density at radius 1 is 1.47 bits per heavy atom. The predicted molar refractivity (Wildman–Crippen MR) is 67.7 cm³/mol. The van der Waals surface area contributed by atoms with Crippen LogP contribution in [0.4, 0.5) is 0 Å². The van der Waals surface area contributed by atoms with Crippen LogP contribution in [-0.4, -0.2) is 26.2 Å². The minimum absolute atomic E-state index is 0.226. The molecule has 0 saturated carbocycles. The van der Waals surface area contributed by atoms with Crippen molar-refractivity contribution in [3.63, 3.8) is 0 Å². The van der Waals surface area contributed by atoms with Gasteiger partial charge >= 0.3 is 5.97 Å². The summed E-state index contributed by atoms with van der Waals surface area (Å²) < 4.78 is 5.89. The number of hydrogen-bond acceptors (Lipinski definition) is 3. The Morgan fingerprint density at radius 3 is 2.53 bits per heavy atom. The molecule has 1 aromatic carbocycles. The summed E-state index contributed by atoms with van der Waals surface area (Å²) in [6, 6.07) is 7.83. The van der Waals surface area contributed by atoms with Gasteiger partial charge in [0.2, 0.25) is 0 Å². The molecular weight excluding hydrogens is 305 g/mol. The SMILES string of the molecule is CNC(Cc1ccc(I)cc1)C(=O)OC. The number of esters is 1. The summed E-state index contributed by atoms with van der Waals surface area (Å²) in [7, 11) is 3.16. The van der Waals surface area contributed by atoms with Gasteiger partial charge in [-0.3, -0.25) is 4.79 Å². The maximum absolute atomic E-state index is 11.3. The van der Waals surface area contributed by atoms with E-state index in [1.807, 2.05) is 24.3 Å². The fourth-order valence-electron chi connectivity index (χ4n) is 1.30. The average molecular weight is 319 g/mol. The quantitative estimate of drug-likeness (QED) is 0.677. The molecule has 0 fully saturated rings. The first kappa shape index (κ1) is 12.4. The predicted octanol–water partition coefficient (Wildman–Crippen LogP) is 1.59. The number of likely N-dealkylation sites (N-methyl/N-ethyl adjacent to an activating group) is 1. The zero-order valence-corrected chi connectivity index (χ0v) is 10.9. The van der Waals surface area contributed by atoms with Crippen LogP contribution in [0.1, 0.15) is 5.56 Å². The Labute approximate surface area is 103 Å². The number of benzene rings is 1. The van der Waals surface area contributed by atoms with Crippen LogP contribution < -0.4 is 5.32 Å². The van der Waals surface area contributed by atoms with Crippen LogP contribution in [0.3, 0.4) is 0 Å². The maximum atomic E-state index is 11.3. The molecule has 0 spiro atoms. The normalized spacial score (nSPS) is 12.2. The highest BCUT2D eigenvalue weighted by Crippen LogP contribution is 2.09. The molecule has 0 heterocycles. The van der Waals surface area contributed by atoms with E-state index in [4.69, 9.17) is 4.74 Å². The van der Waals surface area contributed by atoms with Gasteiger partial charge in [0.25, 0.3) is 0 Å². The van der Waals surface area contributed by atoms with Gasteiger partial charge in [-0.05, 0) is 53.8 Å². The smallest absolute Gasteiger partial charge is 0.323 e. The van der Waals surface area contributed by atoms with Gasteiger partial charge in [-0.2, -0.15) is 0 Å². The Bertz CT molecular complexity index is 324. The van der Waals surface area contributed by atoms with Crippen LogP contribution >= 0.6 is 22.6 Å². The number of rotatable bonds is 4. The third-order valence-corrected chi connectivity index (χ3v) is 2.91. The molecule has 15 heavy (non-hydrogen) atoms. The van der Waals surface area contributed by atoms with Gasteiger partial charge in [-0.25, -0.2) is 0 Å². The number of nitrogens with one attached hydrogen (secondary N) is 1. The minimum Gasteiger partial charge on any atom is -0.468 e. The van der Waals surface area contributed by atoms with Crippen LogP contribution in [0.25, 0.3) is 0 Å². The molecule has 1 N–H and O–H groups in total. The molecule has 0 amide bonds. The highest BCUT2D eigenvalue weighted by atomic mass is 127. The van der Waals surface area contributed by atoms with Crippen LogP contribution in [0.15, 0.2) is 24.3 Å². The van der Waals surface area contributed by atoms with Crippen molar-refractivity contribution >= 4 is 28.6 Å². The average Bonchev–Trinajstić information content (AvgIpc) is 2.27. The van der Waals surface area contributed by atoms with E-state index in [9.17, 15) is 4.79 Å². The van der Waals surface area contributed by atoms with Crippen molar-refractivity contribution in [2.75, 3.05) is 14.2 Å². The van der Waals surface area contributed by atoms with Crippen LogP contribution in [0, 0.1) is 3.57 Å². The van der Waals surface area contributed by atoms with Crippen molar-refractivity contribution < 1.29 is 9.53 Å². The zero-order chi connectivity index (χ0) is 11.3. The number of carbonyl (C=O) groups is 1. The number of carbonyl (C=O) groups excluding carboxylic acids is 1. The van der Waals surface area contributed by atoms with Gasteiger partial charge in [-0.1, -0.05) is 12.1 Å². The number of methoxy groups -OCH3 is 1. The van der Waals surface area contributed by atoms with Gasteiger partial charge in [-0.15, -0.1) is 0 Å². The molecule has 4 heteroatoms. The third kappa shape index (κ3) is 3.79. The highest BCUT2D eigenvalue weighted by Gasteiger charge is 2.16. The van der Waals surface area contributed by atoms with E-state index in [0.29, 0.717) is 6.42 Å². The molecule has 0 radical (unpaired) electrons. The molecule has 3 nitrogen and oxygen atoms in total. The highest BCUT2D eigenvalue weighted by molar-refractivity contribution is 14.1. The summed E-state index contributed by atoms with van der Waals surface area (Å²) in [5.41, 5.74) is 1.13. The maximum Gasteiger partial charge on any atom is 0.323 e. The first-order chi connectivity index (χ1) is 7.17. The molecular formula is C11H14INO2. The standard InChI is InChI=1S/C11H14INO2/c1-13-10(11(14)15-2)7-8-3-5-9(12)6-4-8/h3-6,10,13H,7H2,1-2H3. The summed E-state index contributed by atoms with van der Waals surface area (Å²) >= 11 is 2.25. The third-order valence-electron chi connectivity index (χ3n) is 2.19. The fraction of sp³-hybridized carbons (Fsp3) is 0.364. The number of ether oxygens (including phenoxy) is 1. The van der Waals surface area contributed by atoms with E-state index < -0.39 is 0 Å². The van der Waals surface area contributed by atoms with Gasteiger partial charge in [0.15, 0.2) is 0 Å². The van der Waals surface area contributed by atoms with Crippen molar-refractivity contribution in [2.45, 2.75) is 12.5 Å². The largest absolute Gasteiger partial charge is 0.468 e. The van der Waals surface area contributed by atoms with Gasteiger partial charge in [0.1, 0.15) is 6.04 Å². The Hall–Kier alpha value is -0.620. The summed E-state index contributed by atoms with van der Waals surface area (Å²) in [6.07, 6.45) is 0.653. The lowest BCUT2D eigenvalue weighted by molar-refractivity contribution is -0.142. The molecule has 1 aromatic rings. The first-order valence-corrected chi connectivity index (χ1v) is 5.74. The zero-order valence-electron chi connectivity index (χ0n) is 8.79. The second-order valence-electron chi connectivity index (χ2n) is 3.20. The van der Waals surface area contributed by atoms with Crippen LogP contribution in [0.2, 0.25) is 0 Å². The number of halogens is 1. The van der Waals surface area contributed by atoms with E-state index in [1.165, 1.54) is 10.7 Å². The molecule has 0 aliphatic heterocycles. The Kier molecular flexibility index (Phi) is 5.04. The van der Waals surface area contributed by atoms with Crippen molar-refractivity contribution in [3.8, 4) is 0 Å². The summed E-state index contributed by atoms with van der Waals surface area (Å²) in [6.45, 7) is 0. The van der Waals surface area contributed by atoms with E-state index >= 15 is 0 Å². The van der Waals surface area contributed by atoms with Gasteiger partial charge in [0.05, 0.1) is 7.11 Å². The lowest BCUT2D eigenvalue weighted by atomic mass is 10.1. The minimum atomic E-state index is -0.268. The van der Waals surface area contributed by atoms with Crippen molar-refractivity contribution in [2.24, 2.45) is 0 Å². The van der Waals surface area contributed by atoms with E-state index in [0.717, 1.165) is 5.56 Å². The van der Waals surface area contributed by atoms with Crippen molar-refractivity contribution in [3.05, 3.63) is 33.4 Å². The molecule has 0 bridgehead atoms. The molecule has 0 aliphatic carbocycles.